The molecule has 1 aliphatic rings. The normalized spacial score (nSPS) is 13.3. The van der Waals surface area contributed by atoms with Crippen LogP contribution in [0.4, 0.5) is 5.69 Å². The molecule has 1 aromatic carbocycles. The van der Waals surface area contributed by atoms with Crippen LogP contribution in [0.15, 0.2) is 45.5 Å². The SMILES string of the molecule is O=C(CCc1nnc(-c2ccsc2)o1)Nc1cccc(C(=O)NC2CC2)c1. The Morgan fingerprint density at radius 3 is 2.89 bits per heavy atom. The van der Waals surface area contributed by atoms with Crippen molar-refractivity contribution >= 4 is 28.8 Å². The predicted octanol–water partition coefficient (Wildman–Crippen LogP) is 3.26. The number of anilines is 1. The van der Waals surface area contributed by atoms with Crippen molar-refractivity contribution in [2.75, 3.05) is 5.32 Å². The van der Waals surface area contributed by atoms with Crippen LogP contribution in [0.3, 0.4) is 0 Å². The van der Waals surface area contributed by atoms with Gasteiger partial charge in [-0.15, -0.1) is 10.2 Å². The molecule has 0 atom stereocenters. The van der Waals surface area contributed by atoms with Crippen molar-refractivity contribution in [3.8, 4) is 11.5 Å². The summed E-state index contributed by atoms with van der Waals surface area (Å²) in [5.41, 5.74) is 2.01. The minimum Gasteiger partial charge on any atom is -0.421 e. The summed E-state index contributed by atoms with van der Waals surface area (Å²) in [5, 5.41) is 17.6. The van der Waals surface area contributed by atoms with E-state index < -0.39 is 0 Å². The first-order valence-corrected chi connectivity index (χ1v) is 9.67. The monoisotopic (exact) mass is 382 g/mol. The molecular formula is C19H18N4O3S. The van der Waals surface area contributed by atoms with Crippen molar-refractivity contribution in [3.63, 3.8) is 0 Å². The minimum absolute atomic E-state index is 0.111. The number of carbonyl (C=O) groups is 2. The number of benzene rings is 1. The van der Waals surface area contributed by atoms with E-state index in [-0.39, 0.29) is 18.2 Å². The van der Waals surface area contributed by atoms with Gasteiger partial charge in [0.25, 0.3) is 5.91 Å². The Morgan fingerprint density at radius 2 is 2.11 bits per heavy atom. The van der Waals surface area contributed by atoms with Gasteiger partial charge in [0.15, 0.2) is 0 Å². The number of amides is 2. The van der Waals surface area contributed by atoms with Crippen LogP contribution in [0.1, 0.15) is 35.5 Å². The van der Waals surface area contributed by atoms with E-state index in [2.05, 4.69) is 20.8 Å². The van der Waals surface area contributed by atoms with Crippen molar-refractivity contribution in [1.29, 1.82) is 0 Å². The van der Waals surface area contributed by atoms with Crippen LogP contribution in [0, 0.1) is 0 Å². The molecule has 4 rings (SSSR count). The predicted molar refractivity (Wildman–Crippen MR) is 101 cm³/mol. The molecule has 0 unspecified atom stereocenters. The van der Waals surface area contributed by atoms with E-state index >= 15 is 0 Å². The number of hydrogen-bond donors (Lipinski definition) is 2. The Balaban J connectivity index is 1.31. The van der Waals surface area contributed by atoms with Gasteiger partial charge in [-0.3, -0.25) is 9.59 Å². The number of aryl methyl sites for hydroxylation is 1. The number of nitrogens with one attached hydrogen (secondary N) is 2. The molecule has 7 nitrogen and oxygen atoms in total. The van der Waals surface area contributed by atoms with Crippen LogP contribution >= 0.6 is 11.3 Å². The van der Waals surface area contributed by atoms with Crippen LogP contribution in [0.5, 0.6) is 0 Å². The lowest BCUT2D eigenvalue weighted by molar-refractivity contribution is -0.116. The van der Waals surface area contributed by atoms with Crippen LogP contribution in [-0.2, 0) is 11.2 Å². The van der Waals surface area contributed by atoms with Crippen molar-refractivity contribution < 1.29 is 14.0 Å². The van der Waals surface area contributed by atoms with E-state index in [1.54, 1.807) is 35.6 Å². The van der Waals surface area contributed by atoms with Crippen molar-refractivity contribution in [2.45, 2.75) is 31.7 Å². The third-order valence-electron chi connectivity index (χ3n) is 4.12. The highest BCUT2D eigenvalue weighted by molar-refractivity contribution is 7.08. The molecule has 1 aliphatic carbocycles. The number of thiophene rings is 1. The van der Waals surface area contributed by atoms with Gasteiger partial charge in [-0.1, -0.05) is 6.07 Å². The summed E-state index contributed by atoms with van der Waals surface area (Å²) >= 11 is 1.55. The first kappa shape index (κ1) is 17.4. The Hall–Kier alpha value is -3.00. The lowest BCUT2D eigenvalue weighted by atomic mass is 10.2. The maximum atomic E-state index is 12.2. The third-order valence-corrected chi connectivity index (χ3v) is 4.81. The second-order valence-corrected chi connectivity index (χ2v) is 7.17. The Bertz CT molecular complexity index is 948. The Morgan fingerprint density at radius 1 is 1.22 bits per heavy atom. The molecule has 0 spiro atoms. The van der Waals surface area contributed by atoms with E-state index in [0.717, 1.165) is 18.4 Å². The van der Waals surface area contributed by atoms with Crippen molar-refractivity contribution in [3.05, 3.63) is 52.5 Å². The first-order valence-electron chi connectivity index (χ1n) is 8.73. The molecule has 0 radical (unpaired) electrons. The van der Waals surface area contributed by atoms with Crippen LogP contribution < -0.4 is 10.6 Å². The van der Waals surface area contributed by atoms with Gasteiger partial charge in [0, 0.05) is 41.1 Å². The quantitative estimate of drug-likeness (QED) is 0.654. The molecular weight excluding hydrogens is 364 g/mol. The molecule has 3 aromatic rings. The molecule has 2 N–H and O–H groups in total. The first-order chi connectivity index (χ1) is 13.2. The van der Waals surface area contributed by atoms with E-state index in [0.29, 0.717) is 35.5 Å². The van der Waals surface area contributed by atoms with Crippen molar-refractivity contribution in [2.24, 2.45) is 0 Å². The molecule has 0 saturated heterocycles. The largest absolute Gasteiger partial charge is 0.421 e. The summed E-state index contributed by atoms with van der Waals surface area (Å²) in [6.07, 6.45) is 2.63. The van der Waals surface area contributed by atoms with Gasteiger partial charge in [-0.05, 0) is 42.5 Å². The highest BCUT2D eigenvalue weighted by Crippen LogP contribution is 2.21. The van der Waals surface area contributed by atoms with Crippen LogP contribution in [0.2, 0.25) is 0 Å². The number of hydrogen-bond acceptors (Lipinski definition) is 6. The second kappa shape index (κ2) is 7.71. The Kier molecular flexibility index (Phi) is 4.97. The molecule has 8 heteroatoms. The van der Waals surface area contributed by atoms with Crippen LogP contribution in [-0.4, -0.2) is 28.1 Å². The number of nitrogens with zero attached hydrogens (tertiary/aromatic N) is 2. The topological polar surface area (TPSA) is 97.1 Å². The lowest BCUT2D eigenvalue weighted by Gasteiger charge is -2.07. The van der Waals surface area contributed by atoms with Gasteiger partial charge in [0.2, 0.25) is 17.7 Å². The molecule has 2 amide bonds. The van der Waals surface area contributed by atoms with Gasteiger partial charge in [-0.25, -0.2) is 0 Å². The van der Waals surface area contributed by atoms with Gasteiger partial charge in [0.05, 0.1) is 0 Å². The fraction of sp³-hybridized carbons (Fsp3) is 0.263. The molecule has 2 aromatic heterocycles. The number of aromatic nitrogens is 2. The summed E-state index contributed by atoms with van der Waals surface area (Å²) < 4.78 is 5.57. The molecule has 27 heavy (non-hydrogen) atoms. The summed E-state index contributed by atoms with van der Waals surface area (Å²) in [7, 11) is 0. The fourth-order valence-corrected chi connectivity index (χ4v) is 3.17. The standard InChI is InChI=1S/C19H18N4O3S/c24-16(6-7-17-22-23-19(26-17)13-8-9-27-11-13)20-15-3-1-2-12(10-15)18(25)21-14-4-5-14/h1-3,8-11,14H,4-7H2,(H,20,24)(H,21,25). The summed E-state index contributed by atoms with van der Waals surface area (Å²) in [5.74, 6) is 0.593. The number of rotatable bonds is 7. The maximum Gasteiger partial charge on any atom is 0.251 e. The lowest BCUT2D eigenvalue weighted by Crippen LogP contribution is -2.25. The van der Waals surface area contributed by atoms with E-state index in [1.807, 2.05) is 16.8 Å². The molecule has 1 saturated carbocycles. The van der Waals surface area contributed by atoms with E-state index in [9.17, 15) is 9.59 Å². The zero-order chi connectivity index (χ0) is 18.6. The summed E-state index contributed by atoms with van der Waals surface area (Å²) in [4.78, 5) is 24.3. The second-order valence-electron chi connectivity index (χ2n) is 6.39. The molecule has 2 heterocycles. The molecule has 1 fully saturated rings. The van der Waals surface area contributed by atoms with Gasteiger partial charge in [0.1, 0.15) is 0 Å². The van der Waals surface area contributed by atoms with E-state index in [4.69, 9.17) is 4.42 Å². The highest BCUT2D eigenvalue weighted by atomic mass is 32.1. The smallest absolute Gasteiger partial charge is 0.251 e. The summed E-state index contributed by atoms with van der Waals surface area (Å²) in [6, 6.07) is 9.12. The van der Waals surface area contributed by atoms with Gasteiger partial charge < -0.3 is 15.1 Å². The van der Waals surface area contributed by atoms with Gasteiger partial charge >= 0.3 is 0 Å². The highest BCUT2D eigenvalue weighted by Gasteiger charge is 2.23. The summed E-state index contributed by atoms with van der Waals surface area (Å²) in [6.45, 7) is 0. The maximum absolute atomic E-state index is 12.2. The average molecular weight is 382 g/mol. The fourth-order valence-electron chi connectivity index (χ4n) is 2.54. The Labute approximate surface area is 159 Å². The minimum atomic E-state index is -0.176. The van der Waals surface area contributed by atoms with E-state index in [1.165, 1.54) is 0 Å². The van der Waals surface area contributed by atoms with Gasteiger partial charge in [-0.2, -0.15) is 11.3 Å². The van der Waals surface area contributed by atoms with Crippen LogP contribution in [0.25, 0.3) is 11.5 Å². The number of carbonyl (C=O) groups excluding carboxylic acids is 2. The average Bonchev–Trinajstić information content (AvgIpc) is 3.13. The molecule has 0 bridgehead atoms. The van der Waals surface area contributed by atoms with Crippen molar-refractivity contribution in [1.82, 2.24) is 15.5 Å². The zero-order valence-electron chi connectivity index (χ0n) is 14.5. The molecule has 0 aliphatic heterocycles. The zero-order valence-corrected chi connectivity index (χ0v) is 15.3. The molecule has 138 valence electrons. The third kappa shape index (κ3) is 4.59.